The van der Waals surface area contributed by atoms with Crippen molar-refractivity contribution in [2.75, 3.05) is 45.2 Å². The number of imide groups is 1. The van der Waals surface area contributed by atoms with Gasteiger partial charge in [0.1, 0.15) is 17.6 Å². The maximum absolute atomic E-state index is 16.1. The highest BCUT2D eigenvalue weighted by atomic mass is 19.4. The molecule has 3 fully saturated rings. The number of ether oxygens (including phenoxy) is 2. The Morgan fingerprint density at radius 3 is 2.43 bits per heavy atom. The number of aromatic nitrogens is 2. The van der Waals surface area contributed by atoms with Crippen LogP contribution in [0, 0.1) is 17.2 Å². The van der Waals surface area contributed by atoms with Crippen LogP contribution in [-0.4, -0.2) is 94.4 Å². The number of amides is 3. The fourth-order valence-electron chi connectivity index (χ4n) is 11.7. The molecule has 12 nitrogen and oxygen atoms in total. The quantitative estimate of drug-likeness (QED) is 0.0951. The third kappa shape index (κ3) is 9.72. The normalized spacial score (nSPS) is 23.2. The highest BCUT2D eigenvalue weighted by Gasteiger charge is 2.49. The van der Waals surface area contributed by atoms with Crippen LogP contribution in [0.15, 0.2) is 65.5 Å². The van der Waals surface area contributed by atoms with E-state index in [4.69, 9.17) is 9.47 Å². The number of likely N-dealkylation sites (tertiary alicyclic amines) is 1. The lowest BCUT2D eigenvalue weighted by atomic mass is 9.67. The van der Waals surface area contributed by atoms with Gasteiger partial charge in [0, 0.05) is 73.9 Å². The summed E-state index contributed by atoms with van der Waals surface area (Å²) in [6, 6.07) is 16.0. The fourth-order valence-corrected chi connectivity index (χ4v) is 11.7. The number of anilines is 1. The third-order valence-corrected chi connectivity index (χ3v) is 15.5. The van der Waals surface area contributed by atoms with E-state index in [1.165, 1.54) is 24.5 Å². The van der Waals surface area contributed by atoms with Crippen LogP contribution in [0.5, 0.6) is 5.75 Å². The molecule has 16 heteroatoms. The van der Waals surface area contributed by atoms with E-state index in [0.29, 0.717) is 81.5 Å². The van der Waals surface area contributed by atoms with E-state index in [0.717, 1.165) is 52.9 Å². The number of hydrogen-bond donors (Lipinski definition) is 2. The van der Waals surface area contributed by atoms with Crippen LogP contribution < -0.4 is 21.1 Å². The number of nitrogens with zero attached hydrogens (tertiary/aromatic N) is 4. The Labute approximate surface area is 400 Å². The van der Waals surface area contributed by atoms with Gasteiger partial charge in [-0.05, 0) is 139 Å². The number of hydrogen-bond acceptors (Lipinski definition) is 8. The number of carbonyl (C=O) groups excluding carboxylic acids is 3. The fraction of sp³-hybridized carbons (Fsp3) is 0.547. The van der Waals surface area contributed by atoms with E-state index in [1.54, 1.807) is 17.7 Å². The first-order chi connectivity index (χ1) is 32.7. The molecule has 4 aromatic rings. The highest BCUT2D eigenvalue weighted by Crippen LogP contribution is 2.46. The molecule has 9 rings (SSSR count). The SMILES string of the molecule is COc1ccc([C@]2(CCN(Cc3ccc(C4=CC[C@H](C(=O)N5CC(Nc6ccc7c8c6CCCn8c(=O)n7C6CCC(=O)NC6=O)C5)CC4)c(F)c3)CC(C)(C)C(F)(F)F)CCOC(C)(C)C2)cc1. The Kier molecular flexibility index (Phi) is 13.1. The van der Waals surface area contributed by atoms with E-state index in [-0.39, 0.29) is 60.8 Å². The molecule has 0 radical (unpaired) electrons. The molecule has 3 saturated heterocycles. The van der Waals surface area contributed by atoms with E-state index in [2.05, 4.69) is 10.6 Å². The van der Waals surface area contributed by atoms with Gasteiger partial charge in [-0.15, -0.1) is 0 Å². The molecule has 370 valence electrons. The number of allylic oxidation sites excluding steroid dienone is 2. The van der Waals surface area contributed by atoms with Crippen LogP contribution in [-0.2, 0) is 44.0 Å². The molecule has 1 aromatic heterocycles. The Bertz CT molecular complexity index is 2720. The molecule has 3 amide bonds. The van der Waals surface area contributed by atoms with Crippen molar-refractivity contribution in [1.82, 2.24) is 24.3 Å². The molecule has 0 saturated carbocycles. The van der Waals surface area contributed by atoms with Gasteiger partial charge < -0.3 is 19.7 Å². The average Bonchev–Trinajstić information content (AvgIpc) is 3.57. The molecule has 5 heterocycles. The summed E-state index contributed by atoms with van der Waals surface area (Å²) in [6.07, 6.45) is 3.06. The monoisotopic (exact) mass is 956 g/mol. The summed E-state index contributed by atoms with van der Waals surface area (Å²) in [5.74, 6) is -0.670. The minimum Gasteiger partial charge on any atom is -0.497 e. The maximum atomic E-state index is 16.1. The molecule has 3 aromatic carbocycles. The number of alkyl halides is 3. The maximum Gasteiger partial charge on any atom is 0.395 e. The first-order valence-corrected chi connectivity index (χ1v) is 24.5. The summed E-state index contributed by atoms with van der Waals surface area (Å²) in [6.45, 7) is 8.91. The van der Waals surface area contributed by atoms with Crippen molar-refractivity contribution in [2.24, 2.45) is 11.3 Å². The van der Waals surface area contributed by atoms with Crippen molar-refractivity contribution in [1.29, 1.82) is 0 Å². The molecule has 3 atom stereocenters. The van der Waals surface area contributed by atoms with Crippen LogP contribution >= 0.6 is 0 Å². The Hall–Kier alpha value is -5.48. The topological polar surface area (TPSA) is 127 Å². The summed E-state index contributed by atoms with van der Waals surface area (Å²) in [5, 5.41) is 5.98. The van der Waals surface area contributed by atoms with E-state index >= 15 is 4.39 Å². The van der Waals surface area contributed by atoms with Gasteiger partial charge in [-0.1, -0.05) is 30.3 Å². The number of rotatable bonds is 14. The van der Waals surface area contributed by atoms with Gasteiger partial charge in [-0.25, -0.2) is 9.18 Å². The van der Waals surface area contributed by atoms with E-state index in [1.807, 2.05) is 72.2 Å². The lowest BCUT2D eigenvalue weighted by Crippen LogP contribution is -2.58. The van der Waals surface area contributed by atoms with E-state index in [9.17, 15) is 32.3 Å². The number of methoxy groups -OCH3 is 1. The smallest absolute Gasteiger partial charge is 0.395 e. The predicted molar refractivity (Wildman–Crippen MR) is 255 cm³/mol. The van der Waals surface area contributed by atoms with Gasteiger partial charge >= 0.3 is 11.9 Å². The van der Waals surface area contributed by atoms with E-state index < -0.39 is 35.0 Å². The van der Waals surface area contributed by atoms with Crippen LogP contribution in [0.25, 0.3) is 16.6 Å². The second kappa shape index (κ2) is 18.7. The Balaban J connectivity index is 0.834. The highest BCUT2D eigenvalue weighted by molar-refractivity contribution is 6.00. The summed E-state index contributed by atoms with van der Waals surface area (Å²) < 4.78 is 74.1. The van der Waals surface area contributed by atoms with Gasteiger partial charge in [0.2, 0.25) is 17.7 Å². The third-order valence-electron chi connectivity index (χ3n) is 15.5. The molecule has 1 aliphatic carbocycles. The minimum absolute atomic E-state index is 0.0170. The van der Waals surface area contributed by atoms with Crippen molar-refractivity contribution in [3.05, 3.63) is 99.2 Å². The second-order valence-electron chi connectivity index (χ2n) is 21.3. The molecular formula is C53H64F4N6O6. The van der Waals surface area contributed by atoms with Crippen LogP contribution in [0.4, 0.5) is 23.2 Å². The number of nitrogens with one attached hydrogen (secondary N) is 2. The predicted octanol–water partition coefficient (Wildman–Crippen LogP) is 8.69. The van der Waals surface area contributed by atoms with Crippen molar-refractivity contribution in [3.63, 3.8) is 0 Å². The van der Waals surface area contributed by atoms with Crippen molar-refractivity contribution in [3.8, 4) is 5.75 Å². The van der Waals surface area contributed by atoms with Gasteiger partial charge in [-0.2, -0.15) is 13.2 Å². The first kappa shape index (κ1) is 48.5. The Morgan fingerprint density at radius 2 is 1.77 bits per heavy atom. The molecule has 69 heavy (non-hydrogen) atoms. The lowest BCUT2D eigenvalue weighted by molar-refractivity contribution is -0.217. The molecular weight excluding hydrogens is 893 g/mol. The van der Waals surface area contributed by atoms with Crippen LogP contribution in [0.1, 0.15) is 114 Å². The molecule has 4 aliphatic heterocycles. The number of imidazole rings is 1. The Morgan fingerprint density at radius 1 is 1.00 bits per heavy atom. The first-order valence-electron chi connectivity index (χ1n) is 24.5. The zero-order valence-corrected chi connectivity index (χ0v) is 40.3. The number of piperidine rings is 1. The molecule has 5 aliphatic rings. The van der Waals surface area contributed by atoms with Crippen LogP contribution in [0.3, 0.4) is 0 Å². The number of benzene rings is 3. The zero-order valence-electron chi connectivity index (χ0n) is 40.3. The minimum atomic E-state index is -4.44. The molecule has 0 bridgehead atoms. The standard InChI is InChI=1S/C53H64F4N6O6/c1-50(2,53(55,56)57)32-60(25-22-52(23-26-69-51(3,4)31-52)36-13-15-38(68-5)16-14-36)28-33-8-17-39(41(54)27-33)34-9-11-35(12-10-34)48(66)61-29-37(30-61)58-42-18-19-43-46-40(42)7-6-24-62(46)49(67)63(43)44-20-21-45(64)59-47(44)65/h8-9,13-19,27,35,37,44,58H,6-7,10-12,20-26,28-32H2,1-5H3,(H,59,64,65)/t35-,44?,52+/m0/s1. The summed E-state index contributed by atoms with van der Waals surface area (Å²) in [5.41, 5.74) is 3.32. The van der Waals surface area contributed by atoms with Gasteiger partial charge in [0.15, 0.2) is 0 Å². The lowest BCUT2D eigenvalue weighted by Gasteiger charge is -2.46. The zero-order chi connectivity index (χ0) is 49.0. The molecule has 2 N–H and O–H groups in total. The number of aryl methyl sites for hydroxylation is 2. The van der Waals surface area contributed by atoms with Crippen molar-refractivity contribution < 1.29 is 41.4 Å². The summed E-state index contributed by atoms with van der Waals surface area (Å²) in [4.78, 5) is 55.6. The second-order valence-corrected chi connectivity index (χ2v) is 21.3. The molecule has 1 unspecified atom stereocenters. The van der Waals surface area contributed by atoms with Gasteiger partial charge in [0.25, 0.3) is 0 Å². The summed E-state index contributed by atoms with van der Waals surface area (Å²) in [7, 11) is 1.61. The van der Waals surface area contributed by atoms with Gasteiger partial charge in [-0.3, -0.25) is 33.7 Å². The summed E-state index contributed by atoms with van der Waals surface area (Å²) >= 11 is 0. The van der Waals surface area contributed by atoms with Crippen molar-refractivity contribution in [2.45, 2.75) is 134 Å². The largest absolute Gasteiger partial charge is 0.497 e. The average molecular weight is 957 g/mol. The number of halogens is 4. The van der Waals surface area contributed by atoms with Crippen molar-refractivity contribution >= 4 is 40.0 Å². The molecule has 0 spiro atoms. The van der Waals surface area contributed by atoms with Gasteiger partial charge in [0.05, 0.1) is 35.2 Å². The van der Waals surface area contributed by atoms with Crippen LogP contribution in [0.2, 0.25) is 0 Å². The number of carbonyl (C=O) groups is 3.